The fourth-order valence-electron chi connectivity index (χ4n) is 2.01. The van der Waals surface area contributed by atoms with Gasteiger partial charge in [-0.2, -0.15) is 0 Å². The van der Waals surface area contributed by atoms with E-state index in [0.29, 0.717) is 16.9 Å². The van der Waals surface area contributed by atoms with Gasteiger partial charge >= 0.3 is 0 Å². The van der Waals surface area contributed by atoms with Crippen LogP contribution in [-0.4, -0.2) is 15.5 Å². The molecule has 0 aromatic heterocycles. The average Bonchev–Trinajstić information content (AvgIpc) is 2.42. The third kappa shape index (κ3) is 3.33. The molecular formula is C15H16FNO3S. The fourth-order valence-corrected chi connectivity index (χ4v) is 3.63. The molecule has 4 nitrogen and oxygen atoms in total. The lowest BCUT2D eigenvalue weighted by molar-refractivity contribution is 0.413. The number of halogens is 1. The molecule has 0 bridgehead atoms. The number of rotatable bonds is 4. The second-order valence-electron chi connectivity index (χ2n) is 4.73. The first-order valence-electron chi connectivity index (χ1n) is 6.25. The van der Waals surface area contributed by atoms with E-state index in [1.165, 1.54) is 37.4 Å². The minimum atomic E-state index is -3.64. The topological polar surface area (TPSA) is 69.4 Å². The molecule has 0 amide bonds. The van der Waals surface area contributed by atoms with Crippen LogP contribution in [0.5, 0.6) is 5.75 Å². The third-order valence-electron chi connectivity index (χ3n) is 3.21. The summed E-state index contributed by atoms with van der Waals surface area (Å²) in [5.41, 5.74) is 7.04. The van der Waals surface area contributed by atoms with Gasteiger partial charge in [-0.1, -0.05) is 6.07 Å². The Bertz CT molecular complexity index is 772. The summed E-state index contributed by atoms with van der Waals surface area (Å²) in [5, 5.41) is 0. The Kier molecular flexibility index (Phi) is 4.18. The van der Waals surface area contributed by atoms with Crippen molar-refractivity contribution in [1.29, 1.82) is 0 Å². The number of hydrogen-bond acceptors (Lipinski definition) is 4. The van der Waals surface area contributed by atoms with Gasteiger partial charge in [-0.05, 0) is 42.3 Å². The first-order chi connectivity index (χ1) is 9.83. The number of sulfone groups is 1. The number of benzene rings is 2. The van der Waals surface area contributed by atoms with Crippen molar-refractivity contribution in [2.24, 2.45) is 0 Å². The molecule has 2 aromatic carbocycles. The maximum absolute atomic E-state index is 13.1. The lowest BCUT2D eigenvalue weighted by Crippen LogP contribution is -2.09. The highest BCUT2D eigenvalue weighted by Crippen LogP contribution is 2.27. The average molecular weight is 309 g/mol. The Morgan fingerprint density at radius 2 is 1.90 bits per heavy atom. The smallest absolute Gasteiger partial charge is 0.184 e. The normalized spacial score (nSPS) is 11.4. The Labute approximate surface area is 123 Å². The third-order valence-corrected chi connectivity index (χ3v) is 4.92. The molecule has 0 aliphatic rings. The number of methoxy groups -OCH3 is 1. The zero-order valence-electron chi connectivity index (χ0n) is 11.8. The Morgan fingerprint density at radius 3 is 2.52 bits per heavy atom. The first kappa shape index (κ1) is 15.3. The van der Waals surface area contributed by atoms with Gasteiger partial charge in [0.15, 0.2) is 9.84 Å². The summed E-state index contributed by atoms with van der Waals surface area (Å²) in [7, 11) is -2.19. The summed E-state index contributed by atoms with van der Waals surface area (Å²) in [4.78, 5) is 0.0191. The Hall–Kier alpha value is -2.08. The van der Waals surface area contributed by atoms with Crippen molar-refractivity contribution in [2.45, 2.75) is 17.6 Å². The van der Waals surface area contributed by atoms with E-state index < -0.39 is 15.7 Å². The van der Waals surface area contributed by atoms with Crippen molar-refractivity contribution in [2.75, 3.05) is 12.8 Å². The summed E-state index contributed by atoms with van der Waals surface area (Å²) in [6, 6.07) is 8.50. The molecule has 112 valence electrons. The van der Waals surface area contributed by atoms with Crippen LogP contribution in [0.2, 0.25) is 0 Å². The molecule has 0 fully saturated rings. The molecule has 2 rings (SSSR count). The van der Waals surface area contributed by atoms with E-state index in [4.69, 9.17) is 10.5 Å². The van der Waals surface area contributed by atoms with Crippen LogP contribution < -0.4 is 10.5 Å². The van der Waals surface area contributed by atoms with E-state index in [2.05, 4.69) is 0 Å². The van der Waals surface area contributed by atoms with Gasteiger partial charge in [-0.25, -0.2) is 12.8 Å². The van der Waals surface area contributed by atoms with Crippen molar-refractivity contribution < 1.29 is 17.5 Å². The highest BCUT2D eigenvalue weighted by molar-refractivity contribution is 7.90. The number of aryl methyl sites for hydroxylation is 1. The van der Waals surface area contributed by atoms with Crippen molar-refractivity contribution in [1.82, 2.24) is 0 Å². The fraction of sp³-hybridized carbons (Fsp3) is 0.200. The number of nitrogen functional groups attached to an aromatic ring is 1. The molecule has 0 heterocycles. The molecule has 0 saturated heterocycles. The number of nitrogens with two attached hydrogens (primary N) is 1. The van der Waals surface area contributed by atoms with Crippen molar-refractivity contribution in [3.05, 3.63) is 53.3 Å². The van der Waals surface area contributed by atoms with E-state index >= 15 is 0 Å². The van der Waals surface area contributed by atoms with Crippen LogP contribution >= 0.6 is 0 Å². The summed E-state index contributed by atoms with van der Waals surface area (Å²) in [6.45, 7) is 1.67. The molecule has 0 spiro atoms. The van der Waals surface area contributed by atoms with Crippen LogP contribution in [0.4, 0.5) is 10.1 Å². The number of ether oxygens (including phenoxy) is 1. The molecule has 0 atom stereocenters. The van der Waals surface area contributed by atoms with E-state index in [-0.39, 0.29) is 16.3 Å². The summed E-state index contributed by atoms with van der Waals surface area (Å²) in [5.74, 6) is -0.218. The van der Waals surface area contributed by atoms with Crippen LogP contribution in [0.25, 0.3) is 0 Å². The van der Waals surface area contributed by atoms with Crippen LogP contribution in [0.1, 0.15) is 11.1 Å². The van der Waals surface area contributed by atoms with Gasteiger partial charge < -0.3 is 10.5 Å². The van der Waals surface area contributed by atoms with Gasteiger partial charge in [-0.15, -0.1) is 0 Å². The highest BCUT2D eigenvalue weighted by atomic mass is 32.2. The molecule has 0 unspecified atom stereocenters. The lowest BCUT2D eigenvalue weighted by atomic mass is 10.1. The van der Waals surface area contributed by atoms with Gasteiger partial charge in [0.1, 0.15) is 11.6 Å². The number of anilines is 1. The largest absolute Gasteiger partial charge is 0.497 e. The maximum Gasteiger partial charge on any atom is 0.184 e. The molecule has 21 heavy (non-hydrogen) atoms. The molecule has 2 N–H and O–H groups in total. The SMILES string of the molecule is COc1ccc(N)c(S(=O)(=O)Cc2ccc(F)cc2C)c1. The predicted octanol–water partition coefficient (Wildman–Crippen LogP) is 2.70. The quantitative estimate of drug-likeness (QED) is 0.882. The molecule has 2 aromatic rings. The first-order valence-corrected chi connectivity index (χ1v) is 7.90. The van der Waals surface area contributed by atoms with Crippen LogP contribution in [0.3, 0.4) is 0 Å². The molecule has 0 saturated carbocycles. The standard InChI is InChI=1S/C15H16FNO3S/c1-10-7-12(16)4-3-11(10)9-21(18,19)15-8-13(20-2)5-6-14(15)17/h3-8H,9,17H2,1-2H3. The minimum absolute atomic E-state index is 0.0191. The van der Waals surface area contributed by atoms with Crippen molar-refractivity contribution in [3.8, 4) is 5.75 Å². The van der Waals surface area contributed by atoms with E-state index in [1.54, 1.807) is 13.0 Å². The Balaban J connectivity index is 2.43. The van der Waals surface area contributed by atoms with Gasteiger partial charge in [0.25, 0.3) is 0 Å². The van der Waals surface area contributed by atoms with Gasteiger partial charge in [-0.3, -0.25) is 0 Å². The zero-order valence-corrected chi connectivity index (χ0v) is 12.6. The Morgan fingerprint density at radius 1 is 1.19 bits per heavy atom. The van der Waals surface area contributed by atoms with Gasteiger partial charge in [0.2, 0.25) is 0 Å². The van der Waals surface area contributed by atoms with E-state index in [9.17, 15) is 12.8 Å². The molecule has 0 aliphatic heterocycles. The van der Waals surface area contributed by atoms with Crippen molar-refractivity contribution in [3.63, 3.8) is 0 Å². The van der Waals surface area contributed by atoms with E-state index in [1.807, 2.05) is 0 Å². The molecule has 0 aliphatic carbocycles. The zero-order chi connectivity index (χ0) is 15.6. The molecular weight excluding hydrogens is 293 g/mol. The lowest BCUT2D eigenvalue weighted by Gasteiger charge is -2.11. The van der Waals surface area contributed by atoms with Gasteiger partial charge in [0, 0.05) is 6.07 Å². The van der Waals surface area contributed by atoms with Crippen LogP contribution in [0, 0.1) is 12.7 Å². The minimum Gasteiger partial charge on any atom is -0.497 e. The number of hydrogen-bond donors (Lipinski definition) is 1. The highest BCUT2D eigenvalue weighted by Gasteiger charge is 2.20. The second-order valence-corrected chi connectivity index (χ2v) is 6.69. The summed E-state index contributed by atoms with van der Waals surface area (Å²) < 4.78 is 43.1. The maximum atomic E-state index is 13.1. The van der Waals surface area contributed by atoms with Crippen LogP contribution in [-0.2, 0) is 15.6 Å². The van der Waals surface area contributed by atoms with Crippen molar-refractivity contribution >= 4 is 15.5 Å². The monoisotopic (exact) mass is 309 g/mol. The van der Waals surface area contributed by atoms with E-state index in [0.717, 1.165) is 0 Å². The predicted molar refractivity (Wildman–Crippen MR) is 79.4 cm³/mol. The summed E-state index contributed by atoms with van der Waals surface area (Å²) >= 11 is 0. The van der Waals surface area contributed by atoms with Gasteiger partial charge in [0.05, 0.1) is 23.4 Å². The molecule has 6 heteroatoms. The molecule has 0 radical (unpaired) electrons. The summed E-state index contributed by atoms with van der Waals surface area (Å²) in [6.07, 6.45) is 0. The second kappa shape index (κ2) is 5.73. The van der Waals surface area contributed by atoms with Crippen LogP contribution in [0.15, 0.2) is 41.3 Å².